The van der Waals surface area contributed by atoms with Gasteiger partial charge in [0.05, 0.1) is 37.6 Å². The second-order valence-corrected chi connectivity index (χ2v) is 7.32. The number of nitro benzene ring substituents is 1. The van der Waals surface area contributed by atoms with Crippen molar-refractivity contribution in [3.8, 4) is 17.2 Å². The molecule has 0 saturated heterocycles. The summed E-state index contributed by atoms with van der Waals surface area (Å²) in [6.07, 6.45) is 2.79. The highest BCUT2D eigenvalue weighted by atomic mass is 16.6. The van der Waals surface area contributed by atoms with E-state index in [-0.39, 0.29) is 12.2 Å². The van der Waals surface area contributed by atoms with Crippen LogP contribution in [-0.4, -0.2) is 32.2 Å². The minimum atomic E-state index is -0.464. The third-order valence-corrected chi connectivity index (χ3v) is 5.10. The zero-order valence-electron chi connectivity index (χ0n) is 19.5. The summed E-state index contributed by atoms with van der Waals surface area (Å²) in [4.78, 5) is 23.4. The third-order valence-electron chi connectivity index (χ3n) is 5.10. The van der Waals surface area contributed by atoms with Crippen LogP contribution in [0.15, 0.2) is 60.7 Å². The smallest absolute Gasteiger partial charge is 0.274 e. The van der Waals surface area contributed by atoms with Crippen LogP contribution in [0, 0.1) is 10.1 Å². The van der Waals surface area contributed by atoms with Gasteiger partial charge in [0, 0.05) is 42.1 Å². The van der Waals surface area contributed by atoms with E-state index in [0.29, 0.717) is 45.4 Å². The molecule has 10 nitrogen and oxygen atoms in total. The van der Waals surface area contributed by atoms with Gasteiger partial charge in [0.1, 0.15) is 0 Å². The van der Waals surface area contributed by atoms with Crippen LogP contribution >= 0.6 is 0 Å². The number of nitrogens with zero attached hydrogens (tertiary/aromatic N) is 1. The number of carbonyl (C=O) groups excluding carboxylic acids is 1. The molecule has 0 heterocycles. The van der Waals surface area contributed by atoms with E-state index in [9.17, 15) is 14.9 Å². The molecule has 0 aliphatic heterocycles. The molecule has 0 bridgehead atoms. The summed E-state index contributed by atoms with van der Waals surface area (Å²) in [7, 11) is 4.52. The first-order valence-electron chi connectivity index (χ1n) is 10.5. The quantitative estimate of drug-likeness (QED) is 0.168. The van der Waals surface area contributed by atoms with Gasteiger partial charge in [-0.15, -0.1) is 0 Å². The fourth-order valence-corrected chi connectivity index (χ4v) is 3.34. The van der Waals surface area contributed by atoms with Crippen molar-refractivity contribution in [2.45, 2.75) is 6.54 Å². The number of nitro groups is 1. The molecule has 3 rings (SSSR count). The molecule has 0 aliphatic rings. The van der Waals surface area contributed by atoms with E-state index >= 15 is 0 Å². The molecule has 0 atom stereocenters. The van der Waals surface area contributed by atoms with E-state index in [1.165, 1.54) is 39.5 Å². The molecular weight excluding hydrogens is 452 g/mol. The van der Waals surface area contributed by atoms with Crippen molar-refractivity contribution in [2.24, 2.45) is 0 Å². The number of nitrogens with two attached hydrogens (primary N) is 1. The Hall–Kier alpha value is -4.73. The van der Waals surface area contributed by atoms with Gasteiger partial charge < -0.3 is 30.6 Å². The van der Waals surface area contributed by atoms with Crippen molar-refractivity contribution in [3.05, 3.63) is 81.9 Å². The first kappa shape index (κ1) is 24.9. The Labute approximate surface area is 202 Å². The number of nitrogens with one attached hydrogen (secondary N) is 2. The monoisotopic (exact) mass is 478 g/mol. The number of anilines is 3. The first-order valence-corrected chi connectivity index (χ1v) is 10.5. The van der Waals surface area contributed by atoms with Crippen LogP contribution in [0.2, 0.25) is 0 Å². The summed E-state index contributed by atoms with van der Waals surface area (Å²) < 4.78 is 16.0. The Balaban J connectivity index is 1.75. The molecule has 0 radical (unpaired) electrons. The SMILES string of the molecule is COc1cc(NCc2ccc(/C=C/C(=O)Nc3ccccc3N)cc2[N+](=O)[O-])cc(OC)c1OC. The average Bonchev–Trinajstić information content (AvgIpc) is 2.86. The molecular formula is C25H26N4O6. The van der Waals surface area contributed by atoms with Crippen molar-refractivity contribution >= 4 is 34.7 Å². The van der Waals surface area contributed by atoms with Gasteiger partial charge in [0.15, 0.2) is 11.5 Å². The molecule has 0 unspecified atom stereocenters. The van der Waals surface area contributed by atoms with Gasteiger partial charge >= 0.3 is 0 Å². The summed E-state index contributed by atoms with van der Waals surface area (Å²) in [5.41, 5.74) is 8.26. The lowest BCUT2D eigenvalue weighted by Gasteiger charge is -2.15. The summed E-state index contributed by atoms with van der Waals surface area (Å²) in [6.45, 7) is 0.173. The number of nitrogen functional groups attached to an aromatic ring is 1. The van der Waals surface area contributed by atoms with Gasteiger partial charge in [-0.1, -0.05) is 18.2 Å². The fourth-order valence-electron chi connectivity index (χ4n) is 3.34. The Kier molecular flexibility index (Phi) is 8.12. The van der Waals surface area contributed by atoms with E-state index < -0.39 is 10.8 Å². The van der Waals surface area contributed by atoms with Gasteiger partial charge in [0.2, 0.25) is 11.7 Å². The van der Waals surface area contributed by atoms with E-state index in [4.69, 9.17) is 19.9 Å². The highest BCUT2D eigenvalue weighted by molar-refractivity contribution is 6.03. The highest BCUT2D eigenvalue weighted by Crippen LogP contribution is 2.40. The Bertz CT molecular complexity index is 1230. The maximum atomic E-state index is 12.2. The third kappa shape index (κ3) is 6.20. The molecule has 182 valence electrons. The molecule has 35 heavy (non-hydrogen) atoms. The van der Waals surface area contributed by atoms with Crippen LogP contribution in [0.3, 0.4) is 0 Å². The number of rotatable bonds is 10. The number of hydrogen-bond donors (Lipinski definition) is 3. The summed E-state index contributed by atoms with van der Waals surface area (Å²) >= 11 is 0. The van der Waals surface area contributed by atoms with Gasteiger partial charge in [-0.3, -0.25) is 14.9 Å². The predicted molar refractivity (Wildman–Crippen MR) is 135 cm³/mol. The number of benzene rings is 3. The Morgan fingerprint density at radius 3 is 2.31 bits per heavy atom. The van der Waals surface area contributed by atoms with Crippen LogP contribution in [0.5, 0.6) is 17.2 Å². The summed E-state index contributed by atoms with van der Waals surface area (Å²) in [6, 6.07) is 15.0. The van der Waals surface area contributed by atoms with Crippen LogP contribution in [-0.2, 0) is 11.3 Å². The minimum Gasteiger partial charge on any atom is -0.493 e. The van der Waals surface area contributed by atoms with Gasteiger partial charge in [-0.2, -0.15) is 0 Å². The lowest BCUT2D eigenvalue weighted by atomic mass is 10.1. The van der Waals surface area contributed by atoms with Crippen molar-refractivity contribution in [1.29, 1.82) is 0 Å². The molecule has 0 aliphatic carbocycles. The largest absolute Gasteiger partial charge is 0.493 e. The zero-order valence-corrected chi connectivity index (χ0v) is 19.5. The van der Waals surface area contributed by atoms with Crippen molar-refractivity contribution < 1.29 is 23.9 Å². The van der Waals surface area contributed by atoms with E-state index in [1.807, 2.05) is 0 Å². The van der Waals surface area contributed by atoms with Crippen LogP contribution in [0.1, 0.15) is 11.1 Å². The topological polar surface area (TPSA) is 138 Å². The van der Waals surface area contributed by atoms with Gasteiger partial charge in [-0.25, -0.2) is 0 Å². The van der Waals surface area contributed by atoms with Crippen LogP contribution in [0.4, 0.5) is 22.7 Å². The Morgan fingerprint density at radius 1 is 1.03 bits per heavy atom. The van der Waals surface area contributed by atoms with Crippen molar-refractivity contribution in [3.63, 3.8) is 0 Å². The molecule has 4 N–H and O–H groups in total. The maximum Gasteiger partial charge on any atom is 0.274 e. The number of hydrogen-bond acceptors (Lipinski definition) is 8. The minimum absolute atomic E-state index is 0.0835. The molecule has 1 amide bonds. The summed E-state index contributed by atoms with van der Waals surface area (Å²) in [5.74, 6) is 0.958. The normalized spacial score (nSPS) is 10.6. The second-order valence-electron chi connectivity index (χ2n) is 7.32. The van der Waals surface area contributed by atoms with E-state index in [2.05, 4.69) is 10.6 Å². The average molecular weight is 479 g/mol. The first-order chi connectivity index (χ1) is 16.9. The standard InChI is InChI=1S/C25H26N4O6/c1-33-22-13-18(14-23(34-2)25(22)35-3)27-15-17-10-8-16(12-21(17)29(31)32)9-11-24(30)28-20-7-5-4-6-19(20)26/h4-14,27H,15,26H2,1-3H3,(H,28,30)/b11-9+. The highest BCUT2D eigenvalue weighted by Gasteiger charge is 2.16. The van der Waals surface area contributed by atoms with E-state index in [0.717, 1.165) is 0 Å². The van der Waals surface area contributed by atoms with Gasteiger partial charge in [0.25, 0.3) is 5.69 Å². The fraction of sp³-hybridized carbons (Fsp3) is 0.160. The predicted octanol–water partition coefficient (Wildman–Crippen LogP) is 4.47. The number of ether oxygens (including phenoxy) is 3. The number of amides is 1. The van der Waals surface area contributed by atoms with Crippen LogP contribution in [0.25, 0.3) is 6.08 Å². The molecule has 3 aromatic rings. The molecule has 3 aromatic carbocycles. The van der Waals surface area contributed by atoms with E-state index in [1.54, 1.807) is 48.5 Å². The molecule has 0 fully saturated rings. The second kappa shape index (κ2) is 11.4. The summed E-state index contributed by atoms with van der Waals surface area (Å²) in [5, 5.41) is 17.5. The number of methoxy groups -OCH3 is 3. The number of carbonyl (C=O) groups is 1. The molecule has 0 saturated carbocycles. The zero-order chi connectivity index (χ0) is 25.4. The van der Waals surface area contributed by atoms with Gasteiger partial charge in [-0.05, 0) is 29.8 Å². The molecule has 10 heteroatoms. The lowest BCUT2D eigenvalue weighted by Crippen LogP contribution is -2.09. The maximum absolute atomic E-state index is 12.2. The lowest BCUT2D eigenvalue weighted by molar-refractivity contribution is -0.385. The molecule has 0 spiro atoms. The Morgan fingerprint density at radius 2 is 1.71 bits per heavy atom. The van der Waals surface area contributed by atoms with Crippen LogP contribution < -0.4 is 30.6 Å². The van der Waals surface area contributed by atoms with Crippen molar-refractivity contribution in [1.82, 2.24) is 0 Å². The molecule has 0 aromatic heterocycles. The number of para-hydroxylation sites is 2. The van der Waals surface area contributed by atoms with Crippen molar-refractivity contribution in [2.75, 3.05) is 37.7 Å².